The lowest BCUT2D eigenvalue weighted by molar-refractivity contribution is -0.167. The highest BCUT2D eigenvalue weighted by atomic mass is 16.6. The molecular formula is C59H104O6. The van der Waals surface area contributed by atoms with Crippen LogP contribution < -0.4 is 0 Å². The van der Waals surface area contributed by atoms with Crippen LogP contribution in [0.25, 0.3) is 0 Å². The zero-order valence-corrected chi connectivity index (χ0v) is 43.0. The minimum Gasteiger partial charge on any atom is -0.462 e. The minimum absolute atomic E-state index is 0.0843. The molecule has 0 heterocycles. The number of hydrogen-bond donors (Lipinski definition) is 0. The molecule has 0 radical (unpaired) electrons. The van der Waals surface area contributed by atoms with E-state index < -0.39 is 6.10 Å². The zero-order valence-electron chi connectivity index (χ0n) is 43.0. The van der Waals surface area contributed by atoms with E-state index in [2.05, 4.69) is 81.5 Å². The fourth-order valence-electron chi connectivity index (χ4n) is 7.84. The molecule has 0 N–H and O–H groups in total. The van der Waals surface area contributed by atoms with E-state index in [1.165, 1.54) is 148 Å². The molecule has 0 aliphatic rings. The van der Waals surface area contributed by atoms with Crippen molar-refractivity contribution in [3.05, 3.63) is 60.8 Å². The van der Waals surface area contributed by atoms with Crippen molar-refractivity contribution >= 4 is 17.9 Å². The van der Waals surface area contributed by atoms with E-state index >= 15 is 0 Å². The second kappa shape index (κ2) is 53.7. The van der Waals surface area contributed by atoms with Gasteiger partial charge in [-0.1, -0.05) is 236 Å². The van der Waals surface area contributed by atoms with Crippen LogP contribution in [0.1, 0.15) is 278 Å². The molecule has 0 aliphatic heterocycles. The molecule has 0 aromatic rings. The van der Waals surface area contributed by atoms with Gasteiger partial charge in [0.25, 0.3) is 0 Å². The average Bonchev–Trinajstić information content (AvgIpc) is 3.30. The highest BCUT2D eigenvalue weighted by Crippen LogP contribution is 2.16. The van der Waals surface area contributed by atoms with Crippen molar-refractivity contribution in [2.45, 2.75) is 284 Å². The number of esters is 3. The Morgan fingerprint density at radius 3 is 0.954 bits per heavy atom. The largest absolute Gasteiger partial charge is 0.462 e. The second-order valence-electron chi connectivity index (χ2n) is 18.5. The van der Waals surface area contributed by atoms with Crippen LogP contribution >= 0.6 is 0 Å². The van der Waals surface area contributed by atoms with Gasteiger partial charge < -0.3 is 14.2 Å². The molecule has 0 bridgehead atoms. The van der Waals surface area contributed by atoms with E-state index in [9.17, 15) is 14.4 Å². The Morgan fingerprint density at radius 2 is 0.600 bits per heavy atom. The first-order valence-corrected chi connectivity index (χ1v) is 27.8. The first-order chi connectivity index (χ1) is 32.0. The standard InChI is InChI=1S/C59H104O6/c1-4-7-10-13-16-18-20-22-23-24-25-26-27-28-29-30-31-32-33-34-35-37-38-40-43-46-49-52-58(61)64-55-56(54-63-57(60)51-48-45-42-15-12-9-6-3)65-59(62)53-50-47-44-41-39-36-21-19-17-14-11-8-5-2/h8,11,17,19-20,22,24-25,36,39,56H,4-7,9-10,12-16,18,21,23,26-35,37-38,40-55H2,1-3H3/b11-8-,19-17-,22-20-,25-24-,39-36-. The van der Waals surface area contributed by atoms with Crippen LogP contribution in [0.2, 0.25) is 0 Å². The number of carbonyl (C=O) groups excluding carboxylic acids is 3. The smallest absolute Gasteiger partial charge is 0.306 e. The molecule has 0 aromatic heterocycles. The van der Waals surface area contributed by atoms with Crippen molar-refractivity contribution in [2.75, 3.05) is 13.2 Å². The minimum atomic E-state index is -0.784. The summed E-state index contributed by atoms with van der Waals surface area (Å²) < 4.78 is 16.7. The van der Waals surface area contributed by atoms with Crippen LogP contribution in [0.15, 0.2) is 60.8 Å². The summed E-state index contributed by atoms with van der Waals surface area (Å²) in [6.07, 6.45) is 66.8. The molecule has 0 rings (SSSR count). The number of rotatable bonds is 50. The van der Waals surface area contributed by atoms with Crippen LogP contribution in [0, 0.1) is 0 Å². The Hall–Kier alpha value is -2.89. The van der Waals surface area contributed by atoms with Crippen molar-refractivity contribution in [1.82, 2.24) is 0 Å². The van der Waals surface area contributed by atoms with Crippen LogP contribution in [0.4, 0.5) is 0 Å². The zero-order chi connectivity index (χ0) is 47.2. The third-order valence-corrected chi connectivity index (χ3v) is 12.0. The molecule has 6 nitrogen and oxygen atoms in total. The maximum absolute atomic E-state index is 12.7. The summed E-state index contributed by atoms with van der Waals surface area (Å²) in [4.78, 5) is 37.8. The Morgan fingerprint density at radius 1 is 0.323 bits per heavy atom. The van der Waals surface area contributed by atoms with Gasteiger partial charge in [0.15, 0.2) is 6.10 Å². The maximum Gasteiger partial charge on any atom is 0.306 e. The van der Waals surface area contributed by atoms with Crippen LogP contribution in [-0.4, -0.2) is 37.2 Å². The number of unbranched alkanes of at least 4 members (excludes halogenated alkanes) is 29. The van der Waals surface area contributed by atoms with Gasteiger partial charge in [0.1, 0.15) is 13.2 Å². The molecule has 65 heavy (non-hydrogen) atoms. The topological polar surface area (TPSA) is 78.9 Å². The van der Waals surface area contributed by atoms with Crippen molar-refractivity contribution in [2.24, 2.45) is 0 Å². The third kappa shape index (κ3) is 51.9. The average molecular weight is 909 g/mol. The van der Waals surface area contributed by atoms with Crippen molar-refractivity contribution in [1.29, 1.82) is 0 Å². The Balaban J connectivity index is 4.09. The number of hydrogen-bond acceptors (Lipinski definition) is 6. The van der Waals surface area contributed by atoms with Gasteiger partial charge in [0, 0.05) is 19.3 Å². The fourth-order valence-corrected chi connectivity index (χ4v) is 7.84. The highest BCUT2D eigenvalue weighted by Gasteiger charge is 2.19. The van der Waals surface area contributed by atoms with Gasteiger partial charge in [-0.2, -0.15) is 0 Å². The van der Waals surface area contributed by atoms with E-state index in [4.69, 9.17) is 14.2 Å². The van der Waals surface area contributed by atoms with E-state index in [-0.39, 0.29) is 31.1 Å². The van der Waals surface area contributed by atoms with Gasteiger partial charge >= 0.3 is 17.9 Å². The predicted octanol–water partition coefficient (Wildman–Crippen LogP) is 18.4. The SMILES string of the molecule is CC/C=C\C/C=C\C/C=C\CCCCCC(=O)OC(COC(=O)CCCCCCCCC)COC(=O)CCCCCCCCCCCCCCCCC/C=C\C/C=C\CCCCCCC. The summed E-state index contributed by atoms with van der Waals surface area (Å²) in [7, 11) is 0. The van der Waals surface area contributed by atoms with E-state index in [0.717, 1.165) is 89.9 Å². The van der Waals surface area contributed by atoms with E-state index in [1.807, 2.05) is 0 Å². The lowest BCUT2D eigenvalue weighted by Gasteiger charge is -2.18. The van der Waals surface area contributed by atoms with Gasteiger partial charge in [0.05, 0.1) is 0 Å². The molecular weight excluding hydrogens is 805 g/mol. The highest BCUT2D eigenvalue weighted by molar-refractivity contribution is 5.71. The summed E-state index contributed by atoms with van der Waals surface area (Å²) in [6.45, 7) is 6.46. The molecule has 0 amide bonds. The quantitative estimate of drug-likeness (QED) is 0.0262. The molecule has 376 valence electrons. The van der Waals surface area contributed by atoms with Gasteiger partial charge in [0.2, 0.25) is 0 Å². The van der Waals surface area contributed by atoms with Gasteiger partial charge in [-0.3, -0.25) is 14.4 Å². The van der Waals surface area contributed by atoms with Gasteiger partial charge in [-0.25, -0.2) is 0 Å². The lowest BCUT2D eigenvalue weighted by atomic mass is 10.0. The number of ether oxygens (including phenoxy) is 3. The first-order valence-electron chi connectivity index (χ1n) is 27.8. The fraction of sp³-hybridized carbons (Fsp3) is 0.780. The van der Waals surface area contributed by atoms with Crippen molar-refractivity contribution in [3.8, 4) is 0 Å². The van der Waals surface area contributed by atoms with Crippen LogP contribution in [0.5, 0.6) is 0 Å². The normalized spacial score (nSPS) is 12.5. The predicted molar refractivity (Wildman–Crippen MR) is 279 cm³/mol. The third-order valence-electron chi connectivity index (χ3n) is 12.0. The summed E-state index contributed by atoms with van der Waals surface area (Å²) in [5.41, 5.74) is 0. The summed E-state index contributed by atoms with van der Waals surface area (Å²) in [5, 5.41) is 0. The van der Waals surface area contributed by atoms with Crippen LogP contribution in [0.3, 0.4) is 0 Å². The molecule has 0 saturated heterocycles. The maximum atomic E-state index is 12.7. The number of allylic oxidation sites excluding steroid dienone is 10. The van der Waals surface area contributed by atoms with E-state index in [1.54, 1.807) is 0 Å². The summed E-state index contributed by atoms with van der Waals surface area (Å²) >= 11 is 0. The Bertz CT molecular complexity index is 1180. The molecule has 6 heteroatoms. The van der Waals surface area contributed by atoms with Crippen LogP contribution in [-0.2, 0) is 28.6 Å². The summed E-state index contributed by atoms with van der Waals surface area (Å²) in [6, 6.07) is 0. The Kier molecular flexibility index (Phi) is 51.3. The van der Waals surface area contributed by atoms with Crippen molar-refractivity contribution < 1.29 is 28.6 Å². The first kappa shape index (κ1) is 62.1. The number of carbonyl (C=O) groups is 3. The Labute approximate surface area is 402 Å². The summed E-state index contributed by atoms with van der Waals surface area (Å²) in [5.74, 6) is -0.915. The molecule has 0 saturated carbocycles. The second-order valence-corrected chi connectivity index (χ2v) is 18.5. The van der Waals surface area contributed by atoms with E-state index in [0.29, 0.717) is 19.3 Å². The molecule has 1 unspecified atom stereocenters. The van der Waals surface area contributed by atoms with Crippen molar-refractivity contribution in [3.63, 3.8) is 0 Å². The molecule has 0 fully saturated rings. The monoisotopic (exact) mass is 909 g/mol. The lowest BCUT2D eigenvalue weighted by Crippen LogP contribution is -2.30. The molecule has 0 aliphatic carbocycles. The van der Waals surface area contributed by atoms with Gasteiger partial charge in [-0.15, -0.1) is 0 Å². The molecule has 1 atom stereocenters. The molecule has 0 spiro atoms. The van der Waals surface area contributed by atoms with Gasteiger partial charge in [-0.05, 0) is 83.5 Å². The molecule has 0 aromatic carbocycles.